The van der Waals surface area contributed by atoms with Crippen molar-refractivity contribution in [2.24, 2.45) is 11.8 Å². The molecule has 2 unspecified atom stereocenters. The van der Waals surface area contributed by atoms with Crippen LogP contribution in [0.2, 0.25) is 0 Å². The van der Waals surface area contributed by atoms with Crippen LogP contribution in [0.4, 0.5) is 10.2 Å². The Bertz CT molecular complexity index is 1340. The second-order valence-electron chi connectivity index (χ2n) is 9.67. The summed E-state index contributed by atoms with van der Waals surface area (Å²) < 4.78 is 16.4. The van der Waals surface area contributed by atoms with E-state index < -0.39 is 0 Å². The summed E-state index contributed by atoms with van der Waals surface area (Å²) in [7, 11) is 0. The van der Waals surface area contributed by atoms with Gasteiger partial charge in [0.15, 0.2) is 11.5 Å². The minimum atomic E-state index is -0.239. The maximum Gasteiger partial charge on any atom is 0.158 e. The number of likely N-dealkylation sites (tertiary alicyclic amines) is 1. The van der Waals surface area contributed by atoms with E-state index >= 15 is 0 Å². The van der Waals surface area contributed by atoms with Gasteiger partial charge in [0, 0.05) is 49.4 Å². The number of anilines is 1. The fraction of sp³-hybridized carbons (Fsp3) is 0.333. The highest BCUT2D eigenvalue weighted by atomic mass is 127. The van der Waals surface area contributed by atoms with Gasteiger partial charge in [0.2, 0.25) is 0 Å². The number of aryl methyl sites for hydroxylation is 1. The van der Waals surface area contributed by atoms with Crippen molar-refractivity contribution < 1.29 is 4.39 Å². The zero-order valence-electron chi connectivity index (χ0n) is 19.4. The van der Waals surface area contributed by atoms with Crippen molar-refractivity contribution in [2.75, 3.05) is 31.1 Å². The number of rotatable bonds is 4. The van der Waals surface area contributed by atoms with Gasteiger partial charge in [-0.1, -0.05) is 30.3 Å². The summed E-state index contributed by atoms with van der Waals surface area (Å²) in [5.41, 5.74) is 6.37. The van der Waals surface area contributed by atoms with Gasteiger partial charge in [0.25, 0.3) is 0 Å². The summed E-state index contributed by atoms with van der Waals surface area (Å²) in [5.74, 6) is 2.18. The van der Waals surface area contributed by atoms with E-state index in [2.05, 4.69) is 76.6 Å². The Hall–Kier alpha value is -2.52. The minimum Gasteiger partial charge on any atom is -0.354 e. The Balaban J connectivity index is 1.26. The highest BCUT2D eigenvalue weighted by Crippen LogP contribution is 2.37. The van der Waals surface area contributed by atoms with E-state index in [9.17, 15) is 4.39 Å². The molecule has 2 aliphatic heterocycles. The van der Waals surface area contributed by atoms with Gasteiger partial charge < -0.3 is 4.90 Å². The molecule has 2 aromatic heterocycles. The Morgan fingerprint density at radius 2 is 1.59 bits per heavy atom. The molecular weight excluding hydrogens is 540 g/mol. The molecule has 5 nitrogen and oxygen atoms in total. The third-order valence-corrected chi connectivity index (χ3v) is 8.42. The molecule has 6 rings (SSSR count). The second-order valence-corrected chi connectivity index (χ2v) is 10.7. The molecule has 0 spiro atoms. The predicted octanol–water partition coefficient (Wildman–Crippen LogP) is 5.33. The van der Waals surface area contributed by atoms with Gasteiger partial charge in [-0.2, -0.15) is 0 Å². The number of halogens is 2. The van der Waals surface area contributed by atoms with Gasteiger partial charge in [-0.05, 0) is 78.1 Å². The second kappa shape index (κ2) is 8.61. The number of benzene rings is 2. The fourth-order valence-electron chi connectivity index (χ4n) is 5.56. The van der Waals surface area contributed by atoms with Gasteiger partial charge in [0.1, 0.15) is 15.2 Å². The molecule has 0 N–H and O–H groups in total. The van der Waals surface area contributed by atoms with Crippen molar-refractivity contribution in [1.82, 2.24) is 19.5 Å². The third-order valence-electron chi connectivity index (χ3n) is 7.46. The smallest absolute Gasteiger partial charge is 0.158 e. The summed E-state index contributed by atoms with van der Waals surface area (Å²) in [4.78, 5) is 9.97. The first-order chi connectivity index (χ1) is 16.5. The van der Waals surface area contributed by atoms with Gasteiger partial charge in [-0.15, -0.1) is 5.10 Å². The van der Waals surface area contributed by atoms with E-state index in [-0.39, 0.29) is 5.82 Å². The molecule has 2 aliphatic rings. The number of fused-ring (bicyclic) bond motifs is 2. The Morgan fingerprint density at radius 1 is 0.912 bits per heavy atom. The molecule has 2 saturated heterocycles. The van der Waals surface area contributed by atoms with Crippen molar-refractivity contribution in [3.8, 4) is 11.3 Å². The monoisotopic (exact) mass is 567 g/mol. The lowest BCUT2D eigenvalue weighted by molar-refractivity contribution is 0.308. The van der Waals surface area contributed by atoms with E-state index in [1.165, 1.54) is 23.3 Å². The van der Waals surface area contributed by atoms with E-state index in [4.69, 9.17) is 10.1 Å². The first kappa shape index (κ1) is 22.0. The molecular formula is C27H27FIN5. The molecule has 174 valence electrons. The van der Waals surface area contributed by atoms with Crippen molar-refractivity contribution in [1.29, 1.82) is 0 Å². The molecule has 2 atom stereocenters. The molecule has 0 radical (unpaired) electrons. The summed E-state index contributed by atoms with van der Waals surface area (Å²) in [6, 6.07) is 17.3. The van der Waals surface area contributed by atoms with Crippen LogP contribution in [0.15, 0.2) is 54.6 Å². The van der Waals surface area contributed by atoms with Crippen LogP contribution in [-0.2, 0) is 6.54 Å². The van der Waals surface area contributed by atoms with Crippen LogP contribution in [0.3, 0.4) is 0 Å². The maximum atomic E-state index is 13.4. The standard InChI is InChI=1S/C27H27FIN5/c1-17-18(2)27(31-34-25(29)24(30-26(17)34)20-8-10-23(28)11-9-20)33-15-21-13-32(14-22(21)16-33)12-19-6-4-3-5-7-19/h3-11,21-22H,12-16H2,1-2H3. The van der Waals surface area contributed by atoms with Crippen LogP contribution in [0.25, 0.3) is 16.9 Å². The summed E-state index contributed by atoms with van der Waals surface area (Å²) in [5, 5.41) is 5.08. The molecule has 4 heterocycles. The largest absolute Gasteiger partial charge is 0.354 e. The Morgan fingerprint density at radius 3 is 2.26 bits per heavy atom. The Kier molecular flexibility index (Phi) is 5.56. The third kappa shape index (κ3) is 3.79. The van der Waals surface area contributed by atoms with Crippen LogP contribution in [-0.4, -0.2) is 45.7 Å². The molecule has 0 bridgehead atoms. The highest BCUT2D eigenvalue weighted by molar-refractivity contribution is 14.1. The van der Waals surface area contributed by atoms with Crippen LogP contribution in [0.5, 0.6) is 0 Å². The van der Waals surface area contributed by atoms with Gasteiger partial charge in [0.05, 0.1) is 0 Å². The van der Waals surface area contributed by atoms with Crippen molar-refractivity contribution in [3.63, 3.8) is 0 Å². The number of nitrogens with zero attached hydrogens (tertiary/aromatic N) is 5. The number of aromatic nitrogens is 3. The number of imidazole rings is 1. The predicted molar refractivity (Wildman–Crippen MR) is 141 cm³/mol. The van der Waals surface area contributed by atoms with E-state index in [1.807, 2.05) is 4.52 Å². The molecule has 0 saturated carbocycles. The molecule has 2 aromatic carbocycles. The van der Waals surface area contributed by atoms with Crippen molar-refractivity contribution in [2.45, 2.75) is 20.4 Å². The molecule has 34 heavy (non-hydrogen) atoms. The Labute approximate surface area is 212 Å². The minimum absolute atomic E-state index is 0.239. The zero-order valence-corrected chi connectivity index (χ0v) is 21.5. The summed E-state index contributed by atoms with van der Waals surface area (Å²) >= 11 is 2.31. The molecule has 4 aromatic rings. The quantitative estimate of drug-likeness (QED) is 0.313. The van der Waals surface area contributed by atoms with Crippen LogP contribution >= 0.6 is 22.6 Å². The lowest BCUT2D eigenvalue weighted by Gasteiger charge is -2.24. The molecule has 7 heteroatoms. The number of hydrogen-bond donors (Lipinski definition) is 0. The van der Waals surface area contributed by atoms with E-state index in [0.29, 0.717) is 11.8 Å². The first-order valence-electron chi connectivity index (χ1n) is 11.8. The SMILES string of the molecule is Cc1c(N2CC3CN(Cc4ccccc4)CC3C2)nn2c(I)c(-c3ccc(F)cc3)nc2c1C. The molecule has 2 fully saturated rings. The lowest BCUT2D eigenvalue weighted by atomic mass is 10.0. The van der Waals surface area contributed by atoms with Crippen LogP contribution in [0, 0.1) is 35.2 Å². The van der Waals surface area contributed by atoms with Gasteiger partial charge >= 0.3 is 0 Å². The van der Waals surface area contributed by atoms with E-state index in [1.54, 1.807) is 12.1 Å². The van der Waals surface area contributed by atoms with Crippen molar-refractivity contribution in [3.05, 3.63) is 80.8 Å². The van der Waals surface area contributed by atoms with E-state index in [0.717, 1.165) is 64.7 Å². The first-order valence-corrected chi connectivity index (χ1v) is 12.9. The van der Waals surface area contributed by atoms with Crippen molar-refractivity contribution >= 4 is 34.1 Å². The highest BCUT2D eigenvalue weighted by Gasteiger charge is 2.41. The fourth-order valence-corrected chi connectivity index (χ4v) is 6.33. The topological polar surface area (TPSA) is 36.7 Å². The van der Waals surface area contributed by atoms with Crippen LogP contribution < -0.4 is 4.90 Å². The molecule has 0 aliphatic carbocycles. The average molecular weight is 567 g/mol. The summed E-state index contributed by atoms with van der Waals surface area (Å²) in [6.07, 6.45) is 0. The average Bonchev–Trinajstić information content (AvgIpc) is 3.49. The zero-order chi connectivity index (χ0) is 23.4. The number of hydrogen-bond acceptors (Lipinski definition) is 4. The lowest BCUT2D eigenvalue weighted by Crippen LogP contribution is -2.30. The maximum absolute atomic E-state index is 13.4. The van der Waals surface area contributed by atoms with Gasteiger partial charge in [-0.25, -0.2) is 13.9 Å². The summed E-state index contributed by atoms with van der Waals surface area (Å²) in [6.45, 7) is 9.71. The van der Waals surface area contributed by atoms with Crippen LogP contribution in [0.1, 0.15) is 16.7 Å². The normalized spacial score (nSPS) is 20.4. The van der Waals surface area contributed by atoms with Gasteiger partial charge in [-0.3, -0.25) is 4.90 Å². The molecule has 0 amide bonds.